The predicted molar refractivity (Wildman–Crippen MR) is 152 cm³/mol. The number of fused-ring (bicyclic) bond motifs is 1. The lowest BCUT2D eigenvalue weighted by atomic mass is 9.99. The van der Waals surface area contributed by atoms with E-state index in [1.54, 1.807) is 0 Å². The molecule has 1 saturated heterocycles. The number of hydrogen-bond acceptors (Lipinski definition) is 4. The minimum atomic E-state index is 0.235. The summed E-state index contributed by atoms with van der Waals surface area (Å²) in [5, 5.41) is 0. The van der Waals surface area contributed by atoms with E-state index in [1.807, 2.05) is 11.0 Å². The van der Waals surface area contributed by atoms with Crippen LogP contribution in [0.5, 0.6) is 5.75 Å². The highest BCUT2D eigenvalue weighted by atomic mass is 16.5. The molecule has 2 aliphatic heterocycles. The van der Waals surface area contributed by atoms with Gasteiger partial charge in [0.05, 0.1) is 12.3 Å². The fraction of sp³-hybridized carbons (Fsp3) is 0.406. The Bertz CT molecular complexity index is 1130. The molecule has 0 radical (unpaired) electrons. The molecule has 3 aromatic rings. The van der Waals surface area contributed by atoms with Gasteiger partial charge in [-0.2, -0.15) is 0 Å². The molecule has 2 heterocycles. The Balaban J connectivity index is 1.07. The number of para-hydroxylation sites is 1. The molecule has 5 nitrogen and oxygen atoms in total. The maximum absolute atomic E-state index is 12.8. The van der Waals surface area contributed by atoms with Crippen molar-refractivity contribution in [2.24, 2.45) is 0 Å². The number of rotatable bonds is 11. The fourth-order valence-corrected chi connectivity index (χ4v) is 5.52. The van der Waals surface area contributed by atoms with Crippen LogP contribution in [0.15, 0.2) is 78.9 Å². The normalized spacial score (nSPS) is 16.1. The second kappa shape index (κ2) is 12.8. The number of hydrogen-bond donors (Lipinski definition) is 0. The van der Waals surface area contributed by atoms with Crippen molar-refractivity contribution >= 4 is 17.3 Å². The van der Waals surface area contributed by atoms with E-state index in [-0.39, 0.29) is 5.91 Å². The minimum absolute atomic E-state index is 0.235. The highest BCUT2D eigenvalue weighted by molar-refractivity contribution is 5.96. The molecule has 0 aromatic heterocycles. The van der Waals surface area contributed by atoms with Gasteiger partial charge in [0.1, 0.15) is 5.75 Å². The van der Waals surface area contributed by atoms with Crippen LogP contribution in [0, 0.1) is 0 Å². The predicted octanol–water partition coefficient (Wildman–Crippen LogP) is 5.58. The summed E-state index contributed by atoms with van der Waals surface area (Å²) in [6, 6.07) is 27.5. The van der Waals surface area contributed by atoms with Gasteiger partial charge in [-0.1, -0.05) is 54.6 Å². The van der Waals surface area contributed by atoms with Crippen LogP contribution in [-0.2, 0) is 17.6 Å². The second-order valence-corrected chi connectivity index (χ2v) is 10.1. The third kappa shape index (κ3) is 6.72. The van der Waals surface area contributed by atoms with Crippen molar-refractivity contribution in [2.45, 2.75) is 38.5 Å². The molecule has 5 rings (SSSR count). The van der Waals surface area contributed by atoms with Crippen molar-refractivity contribution < 1.29 is 9.53 Å². The highest BCUT2D eigenvalue weighted by Crippen LogP contribution is 2.35. The molecule has 3 aromatic carbocycles. The summed E-state index contributed by atoms with van der Waals surface area (Å²) in [5.41, 5.74) is 4.93. The molecule has 0 N–H and O–H groups in total. The van der Waals surface area contributed by atoms with Gasteiger partial charge < -0.3 is 14.5 Å². The number of amides is 1. The number of nitrogens with zero attached hydrogens (tertiary/aromatic N) is 3. The number of benzene rings is 3. The average molecular weight is 498 g/mol. The molecular formula is C32H39N3O2. The van der Waals surface area contributed by atoms with E-state index in [2.05, 4.69) is 82.6 Å². The topological polar surface area (TPSA) is 36.0 Å². The first-order chi connectivity index (χ1) is 18.3. The van der Waals surface area contributed by atoms with E-state index >= 15 is 0 Å². The van der Waals surface area contributed by atoms with E-state index in [9.17, 15) is 4.79 Å². The number of piperazine rings is 1. The van der Waals surface area contributed by atoms with E-state index in [4.69, 9.17) is 4.74 Å². The maximum atomic E-state index is 12.8. The molecular weight excluding hydrogens is 458 g/mol. The first-order valence-corrected chi connectivity index (χ1v) is 13.9. The molecule has 0 spiro atoms. The first kappa shape index (κ1) is 25.3. The summed E-state index contributed by atoms with van der Waals surface area (Å²) in [6.07, 6.45) is 5.49. The zero-order valence-electron chi connectivity index (χ0n) is 21.9. The second-order valence-electron chi connectivity index (χ2n) is 10.1. The van der Waals surface area contributed by atoms with Crippen LogP contribution in [-0.4, -0.2) is 56.7 Å². The highest BCUT2D eigenvalue weighted by Gasteiger charge is 2.26. The standard InChI is InChI=1S/C32H39N3O2/c36-32-19-18-29-30(35(32)21-8-7-13-27-11-3-1-4-12-27)16-9-17-31(29)37-26-10-20-33-22-24-34(25-23-33)28-14-5-2-6-15-28/h1-6,9,11-12,14-17H,7-8,10,13,18-26H2. The molecule has 0 unspecified atom stereocenters. The Morgan fingerprint density at radius 1 is 0.703 bits per heavy atom. The molecule has 2 aliphatic rings. The first-order valence-electron chi connectivity index (χ1n) is 13.9. The number of anilines is 2. The van der Waals surface area contributed by atoms with Gasteiger partial charge in [-0.3, -0.25) is 9.69 Å². The van der Waals surface area contributed by atoms with Crippen molar-refractivity contribution in [3.8, 4) is 5.75 Å². The van der Waals surface area contributed by atoms with Crippen molar-refractivity contribution in [2.75, 3.05) is 55.7 Å². The van der Waals surface area contributed by atoms with Gasteiger partial charge in [0.15, 0.2) is 0 Å². The van der Waals surface area contributed by atoms with E-state index in [0.29, 0.717) is 13.0 Å². The Morgan fingerprint density at radius 2 is 1.46 bits per heavy atom. The third-order valence-corrected chi connectivity index (χ3v) is 7.60. The van der Waals surface area contributed by atoms with Crippen LogP contribution in [0.2, 0.25) is 0 Å². The third-order valence-electron chi connectivity index (χ3n) is 7.60. The summed E-state index contributed by atoms with van der Waals surface area (Å²) < 4.78 is 6.28. The van der Waals surface area contributed by atoms with Crippen molar-refractivity contribution in [3.63, 3.8) is 0 Å². The van der Waals surface area contributed by atoms with Crippen molar-refractivity contribution in [3.05, 3.63) is 90.0 Å². The SMILES string of the molecule is O=C1CCc2c(OCCCN3CCN(c4ccccc4)CC3)cccc2N1CCCCc1ccccc1. The zero-order chi connectivity index (χ0) is 25.3. The van der Waals surface area contributed by atoms with Crippen LogP contribution in [0.3, 0.4) is 0 Å². The molecule has 5 heteroatoms. The summed E-state index contributed by atoms with van der Waals surface area (Å²) in [7, 11) is 0. The summed E-state index contributed by atoms with van der Waals surface area (Å²) >= 11 is 0. The van der Waals surface area contributed by atoms with Gasteiger partial charge in [0.2, 0.25) is 5.91 Å². The van der Waals surface area contributed by atoms with Gasteiger partial charge in [-0.25, -0.2) is 0 Å². The summed E-state index contributed by atoms with van der Waals surface area (Å²) in [6.45, 7) is 6.88. The molecule has 0 saturated carbocycles. The Kier molecular flexibility index (Phi) is 8.75. The molecule has 1 amide bonds. The Hall–Kier alpha value is -3.31. The summed E-state index contributed by atoms with van der Waals surface area (Å²) in [5.74, 6) is 1.19. The van der Waals surface area contributed by atoms with Crippen LogP contribution in [0.1, 0.15) is 36.8 Å². The van der Waals surface area contributed by atoms with Crippen molar-refractivity contribution in [1.82, 2.24) is 4.90 Å². The van der Waals surface area contributed by atoms with Crippen LogP contribution in [0.4, 0.5) is 11.4 Å². The Labute approximate surface area is 221 Å². The number of ether oxygens (including phenoxy) is 1. The van der Waals surface area contributed by atoms with Gasteiger partial charge in [0.25, 0.3) is 0 Å². The van der Waals surface area contributed by atoms with Gasteiger partial charge in [0, 0.05) is 56.9 Å². The van der Waals surface area contributed by atoms with E-state index < -0.39 is 0 Å². The van der Waals surface area contributed by atoms with E-state index in [0.717, 1.165) is 82.8 Å². The smallest absolute Gasteiger partial charge is 0.227 e. The van der Waals surface area contributed by atoms with Crippen LogP contribution in [0.25, 0.3) is 0 Å². The molecule has 0 atom stereocenters. The largest absolute Gasteiger partial charge is 0.493 e. The average Bonchev–Trinajstić information content (AvgIpc) is 2.95. The van der Waals surface area contributed by atoms with E-state index in [1.165, 1.54) is 16.8 Å². The fourth-order valence-electron chi connectivity index (χ4n) is 5.52. The lowest BCUT2D eigenvalue weighted by molar-refractivity contribution is -0.118. The molecule has 0 aliphatic carbocycles. The number of unbranched alkanes of at least 4 members (excludes halogenated alkanes) is 1. The van der Waals surface area contributed by atoms with Gasteiger partial charge in [-0.15, -0.1) is 0 Å². The lowest BCUT2D eigenvalue weighted by Crippen LogP contribution is -2.46. The quantitative estimate of drug-likeness (QED) is 0.324. The van der Waals surface area contributed by atoms with Crippen molar-refractivity contribution in [1.29, 1.82) is 0 Å². The molecule has 0 bridgehead atoms. The minimum Gasteiger partial charge on any atom is -0.493 e. The monoisotopic (exact) mass is 497 g/mol. The maximum Gasteiger partial charge on any atom is 0.227 e. The number of carbonyl (C=O) groups is 1. The molecule has 194 valence electrons. The van der Waals surface area contributed by atoms with Crippen LogP contribution >= 0.6 is 0 Å². The van der Waals surface area contributed by atoms with Gasteiger partial charge in [-0.05, 0) is 61.9 Å². The summed E-state index contributed by atoms with van der Waals surface area (Å²) in [4.78, 5) is 19.8. The molecule has 37 heavy (non-hydrogen) atoms. The number of aryl methyl sites for hydroxylation is 1. The molecule has 1 fully saturated rings. The lowest BCUT2D eigenvalue weighted by Gasteiger charge is -2.36. The number of carbonyl (C=O) groups excluding carboxylic acids is 1. The zero-order valence-corrected chi connectivity index (χ0v) is 21.9. The van der Waals surface area contributed by atoms with Gasteiger partial charge >= 0.3 is 0 Å². The van der Waals surface area contributed by atoms with Crippen LogP contribution < -0.4 is 14.5 Å². The Morgan fingerprint density at radius 3 is 2.24 bits per heavy atom.